The Hall–Kier alpha value is -3.85. The second-order valence-electron chi connectivity index (χ2n) is 7.30. The number of halogens is 1. The van der Waals surface area contributed by atoms with Gasteiger partial charge in [0.05, 0.1) is 17.9 Å². The first-order valence-electron chi connectivity index (χ1n) is 10.0. The van der Waals surface area contributed by atoms with Gasteiger partial charge in [-0.3, -0.25) is 19.3 Å². The average Bonchev–Trinajstić information content (AvgIpc) is 3.23. The van der Waals surface area contributed by atoms with Gasteiger partial charge in [-0.05, 0) is 37.3 Å². The second-order valence-corrected chi connectivity index (χ2v) is 8.14. The Morgan fingerprint density at radius 1 is 1.12 bits per heavy atom. The number of carbonyl (C=O) groups is 3. The summed E-state index contributed by atoms with van der Waals surface area (Å²) in [6.45, 7) is 3.15. The molecule has 9 heteroatoms. The van der Waals surface area contributed by atoms with Crippen LogP contribution in [0.25, 0.3) is 6.08 Å². The van der Waals surface area contributed by atoms with E-state index in [9.17, 15) is 18.8 Å². The highest BCUT2D eigenvalue weighted by atomic mass is 32.1. The summed E-state index contributed by atoms with van der Waals surface area (Å²) in [5, 5.41) is 4.68. The molecule has 1 heterocycles. The lowest BCUT2D eigenvalue weighted by Crippen LogP contribution is -2.33. The van der Waals surface area contributed by atoms with Crippen molar-refractivity contribution in [1.29, 1.82) is 0 Å². The van der Waals surface area contributed by atoms with Gasteiger partial charge in [-0.2, -0.15) is 0 Å². The summed E-state index contributed by atoms with van der Waals surface area (Å²) < 4.78 is 14.2. The van der Waals surface area contributed by atoms with Gasteiger partial charge in [-0.1, -0.05) is 29.8 Å². The number of para-hydroxylation sites is 1. The Morgan fingerprint density at radius 2 is 1.82 bits per heavy atom. The number of aromatic nitrogens is 1. The average molecular weight is 467 g/mol. The molecule has 170 valence electrons. The molecule has 1 aromatic heterocycles. The SMILES string of the molecule is CC(=O)N(c1nc(/C=C/C(=O)N(C)CC(=O)Nc2ccc(C)cc2)cs1)c1ccccc1F. The summed E-state index contributed by atoms with van der Waals surface area (Å²) in [7, 11) is 1.52. The first kappa shape index (κ1) is 23.8. The lowest BCUT2D eigenvalue weighted by Gasteiger charge is -2.18. The van der Waals surface area contributed by atoms with Crippen molar-refractivity contribution in [1.82, 2.24) is 9.88 Å². The van der Waals surface area contributed by atoms with Gasteiger partial charge in [-0.25, -0.2) is 9.37 Å². The van der Waals surface area contributed by atoms with Crippen LogP contribution < -0.4 is 10.2 Å². The third-order valence-electron chi connectivity index (χ3n) is 4.60. The van der Waals surface area contributed by atoms with Gasteiger partial charge in [0, 0.05) is 31.1 Å². The maximum atomic E-state index is 14.2. The number of hydrogen-bond donors (Lipinski definition) is 1. The molecule has 0 bridgehead atoms. The van der Waals surface area contributed by atoms with E-state index in [1.807, 2.05) is 19.1 Å². The van der Waals surface area contributed by atoms with Crippen LogP contribution in [0, 0.1) is 12.7 Å². The molecule has 0 aliphatic carbocycles. The van der Waals surface area contributed by atoms with Crippen molar-refractivity contribution in [2.75, 3.05) is 23.8 Å². The maximum Gasteiger partial charge on any atom is 0.246 e. The van der Waals surface area contributed by atoms with Crippen LogP contribution in [0.3, 0.4) is 0 Å². The fraction of sp³-hybridized carbons (Fsp3) is 0.167. The molecule has 0 saturated carbocycles. The number of nitrogens with one attached hydrogen (secondary N) is 1. The van der Waals surface area contributed by atoms with Crippen LogP contribution in [-0.4, -0.2) is 41.2 Å². The Balaban J connectivity index is 1.63. The van der Waals surface area contributed by atoms with E-state index in [2.05, 4.69) is 10.3 Å². The fourth-order valence-corrected chi connectivity index (χ4v) is 3.76. The first-order valence-corrected chi connectivity index (χ1v) is 10.9. The summed E-state index contributed by atoms with van der Waals surface area (Å²) in [6.07, 6.45) is 2.77. The van der Waals surface area contributed by atoms with Gasteiger partial charge in [-0.15, -0.1) is 11.3 Å². The smallest absolute Gasteiger partial charge is 0.246 e. The van der Waals surface area contributed by atoms with Crippen LogP contribution >= 0.6 is 11.3 Å². The van der Waals surface area contributed by atoms with Crippen LogP contribution in [0.1, 0.15) is 18.2 Å². The van der Waals surface area contributed by atoms with Crippen LogP contribution in [-0.2, 0) is 14.4 Å². The van der Waals surface area contributed by atoms with Crippen LogP contribution in [0.2, 0.25) is 0 Å². The van der Waals surface area contributed by atoms with Crippen molar-refractivity contribution in [2.24, 2.45) is 0 Å². The zero-order valence-electron chi connectivity index (χ0n) is 18.4. The summed E-state index contributed by atoms with van der Waals surface area (Å²) in [6, 6.07) is 13.3. The van der Waals surface area contributed by atoms with Crippen molar-refractivity contribution in [3.8, 4) is 0 Å². The van der Waals surface area contributed by atoms with E-state index in [4.69, 9.17) is 0 Å². The van der Waals surface area contributed by atoms with Crippen LogP contribution in [0.4, 0.5) is 20.9 Å². The minimum absolute atomic E-state index is 0.102. The molecule has 3 aromatic rings. The highest BCUT2D eigenvalue weighted by Gasteiger charge is 2.20. The lowest BCUT2D eigenvalue weighted by atomic mass is 10.2. The molecule has 33 heavy (non-hydrogen) atoms. The minimum Gasteiger partial charge on any atom is -0.333 e. The molecule has 0 radical (unpaired) electrons. The number of likely N-dealkylation sites (N-methyl/N-ethyl adjacent to an activating group) is 1. The summed E-state index contributed by atoms with van der Waals surface area (Å²) >= 11 is 1.15. The van der Waals surface area contributed by atoms with Gasteiger partial charge in [0.25, 0.3) is 0 Å². The summed E-state index contributed by atoms with van der Waals surface area (Å²) in [4.78, 5) is 43.5. The maximum absolute atomic E-state index is 14.2. The molecule has 0 fully saturated rings. The number of nitrogens with zero attached hydrogens (tertiary/aromatic N) is 3. The number of hydrogen-bond acceptors (Lipinski definition) is 5. The molecule has 0 spiro atoms. The van der Waals surface area contributed by atoms with E-state index in [1.165, 1.54) is 54.1 Å². The quantitative estimate of drug-likeness (QED) is 0.524. The van der Waals surface area contributed by atoms with Gasteiger partial charge in [0.1, 0.15) is 5.82 Å². The van der Waals surface area contributed by atoms with Crippen molar-refractivity contribution in [3.63, 3.8) is 0 Å². The number of benzene rings is 2. The third-order valence-corrected chi connectivity index (χ3v) is 5.44. The van der Waals surface area contributed by atoms with Crippen LogP contribution in [0.15, 0.2) is 60.0 Å². The number of amides is 3. The Kier molecular flexibility index (Phi) is 7.68. The van der Waals surface area contributed by atoms with Crippen molar-refractivity contribution in [3.05, 3.63) is 77.1 Å². The summed E-state index contributed by atoms with van der Waals surface area (Å²) in [5.74, 6) is -1.64. The standard InChI is InChI=1S/C24H23FN4O3S/c1-16-8-10-18(11-9-16)26-22(31)14-28(3)23(32)13-12-19-15-33-24(27-19)29(17(2)30)21-7-5-4-6-20(21)25/h4-13,15H,14H2,1-3H3,(H,26,31)/b13-12+. The zero-order chi connectivity index (χ0) is 24.0. The molecule has 0 aliphatic heterocycles. The number of aryl methyl sites for hydroxylation is 1. The van der Waals surface area contributed by atoms with E-state index in [0.717, 1.165) is 16.9 Å². The minimum atomic E-state index is -0.541. The van der Waals surface area contributed by atoms with E-state index in [-0.39, 0.29) is 35.1 Å². The lowest BCUT2D eigenvalue weighted by molar-refractivity contribution is -0.129. The molecule has 7 nitrogen and oxygen atoms in total. The van der Waals surface area contributed by atoms with E-state index < -0.39 is 5.82 Å². The van der Waals surface area contributed by atoms with Crippen molar-refractivity contribution in [2.45, 2.75) is 13.8 Å². The van der Waals surface area contributed by atoms with Gasteiger partial charge in [0.15, 0.2) is 5.13 Å². The van der Waals surface area contributed by atoms with E-state index >= 15 is 0 Å². The van der Waals surface area contributed by atoms with Gasteiger partial charge < -0.3 is 10.2 Å². The number of anilines is 3. The molecule has 3 rings (SSSR count). The Labute approximate surface area is 195 Å². The van der Waals surface area contributed by atoms with Gasteiger partial charge >= 0.3 is 0 Å². The normalized spacial score (nSPS) is 10.8. The topological polar surface area (TPSA) is 82.6 Å². The third kappa shape index (κ3) is 6.33. The second kappa shape index (κ2) is 10.6. The molecular weight excluding hydrogens is 443 g/mol. The number of thiazole rings is 1. The number of carbonyl (C=O) groups excluding carboxylic acids is 3. The largest absolute Gasteiger partial charge is 0.333 e. The van der Waals surface area contributed by atoms with Crippen LogP contribution in [0.5, 0.6) is 0 Å². The Morgan fingerprint density at radius 3 is 2.48 bits per heavy atom. The zero-order valence-corrected chi connectivity index (χ0v) is 19.2. The molecule has 3 amide bonds. The molecule has 2 aromatic carbocycles. The molecule has 0 atom stereocenters. The summed E-state index contributed by atoms with van der Waals surface area (Å²) in [5.41, 5.74) is 2.27. The predicted octanol–water partition coefficient (Wildman–Crippen LogP) is 4.39. The van der Waals surface area contributed by atoms with Gasteiger partial charge in [0.2, 0.25) is 17.7 Å². The van der Waals surface area contributed by atoms with E-state index in [0.29, 0.717) is 11.4 Å². The number of rotatable bonds is 7. The molecule has 1 N–H and O–H groups in total. The highest BCUT2D eigenvalue weighted by Crippen LogP contribution is 2.30. The van der Waals surface area contributed by atoms with Crippen molar-refractivity contribution < 1.29 is 18.8 Å². The molecular formula is C24H23FN4O3S. The first-order chi connectivity index (χ1) is 15.7. The highest BCUT2D eigenvalue weighted by molar-refractivity contribution is 7.14. The fourth-order valence-electron chi connectivity index (χ4n) is 2.91. The predicted molar refractivity (Wildman–Crippen MR) is 128 cm³/mol. The molecule has 0 aliphatic rings. The van der Waals surface area contributed by atoms with E-state index in [1.54, 1.807) is 23.6 Å². The van der Waals surface area contributed by atoms with Crippen molar-refractivity contribution >= 4 is 51.6 Å². The molecule has 0 unspecified atom stereocenters. The molecule has 0 saturated heterocycles. The monoisotopic (exact) mass is 466 g/mol. The Bertz CT molecular complexity index is 1190.